The molecule has 0 saturated carbocycles. The molecule has 1 fully saturated rings. The molecular formula is C21H23FN6. The van der Waals surface area contributed by atoms with Crippen LogP contribution in [0.5, 0.6) is 0 Å². The van der Waals surface area contributed by atoms with E-state index >= 15 is 0 Å². The fourth-order valence-corrected chi connectivity index (χ4v) is 3.51. The molecule has 4 rings (SSSR count). The molecule has 0 aliphatic carbocycles. The highest BCUT2D eigenvalue weighted by Crippen LogP contribution is 2.22. The number of aromatic nitrogens is 4. The topological polar surface area (TPSA) is 66.8 Å². The first-order chi connectivity index (χ1) is 13.6. The molecule has 0 bridgehead atoms. The van der Waals surface area contributed by atoms with Gasteiger partial charge in [0.05, 0.1) is 5.69 Å². The quantitative estimate of drug-likeness (QED) is 0.745. The Hall–Kier alpha value is -3.09. The van der Waals surface area contributed by atoms with Crippen LogP contribution in [0, 0.1) is 19.7 Å². The first-order valence-electron chi connectivity index (χ1n) is 9.50. The molecule has 1 aromatic carbocycles. The summed E-state index contributed by atoms with van der Waals surface area (Å²) in [7, 11) is 0. The Balaban J connectivity index is 1.35. The predicted molar refractivity (Wildman–Crippen MR) is 108 cm³/mol. The lowest BCUT2D eigenvalue weighted by Crippen LogP contribution is -2.39. The minimum atomic E-state index is -0.256. The summed E-state index contributed by atoms with van der Waals surface area (Å²) in [6.45, 7) is 5.81. The summed E-state index contributed by atoms with van der Waals surface area (Å²) in [6, 6.07) is 12.5. The van der Waals surface area contributed by atoms with Crippen LogP contribution in [0.2, 0.25) is 0 Å². The molecule has 0 spiro atoms. The molecule has 2 aromatic heterocycles. The van der Waals surface area contributed by atoms with Crippen molar-refractivity contribution in [2.45, 2.75) is 32.7 Å². The van der Waals surface area contributed by atoms with Gasteiger partial charge in [0.25, 0.3) is 0 Å². The third-order valence-electron chi connectivity index (χ3n) is 4.93. The van der Waals surface area contributed by atoms with Gasteiger partial charge in [0.1, 0.15) is 23.3 Å². The van der Waals surface area contributed by atoms with Crippen molar-refractivity contribution in [3.8, 4) is 11.3 Å². The maximum Gasteiger partial charge on any atom is 0.148 e. The number of halogens is 1. The second kappa shape index (κ2) is 7.88. The molecule has 28 heavy (non-hydrogen) atoms. The third-order valence-corrected chi connectivity index (χ3v) is 4.93. The molecule has 1 saturated heterocycles. The summed E-state index contributed by atoms with van der Waals surface area (Å²) in [5.74, 6) is 2.32. The summed E-state index contributed by atoms with van der Waals surface area (Å²) in [6.07, 6.45) is 2.01. The van der Waals surface area contributed by atoms with Crippen molar-refractivity contribution >= 4 is 11.6 Å². The lowest BCUT2D eigenvalue weighted by Gasteiger charge is -2.33. The average molecular weight is 378 g/mol. The average Bonchev–Trinajstić information content (AvgIpc) is 2.69. The van der Waals surface area contributed by atoms with Gasteiger partial charge in [-0.3, -0.25) is 0 Å². The van der Waals surface area contributed by atoms with E-state index in [1.165, 1.54) is 12.1 Å². The van der Waals surface area contributed by atoms with Crippen molar-refractivity contribution in [3.63, 3.8) is 0 Å². The molecule has 0 unspecified atom stereocenters. The van der Waals surface area contributed by atoms with Gasteiger partial charge in [-0.25, -0.2) is 14.4 Å². The Bertz CT molecular complexity index is 914. The van der Waals surface area contributed by atoms with Crippen molar-refractivity contribution in [1.29, 1.82) is 0 Å². The van der Waals surface area contributed by atoms with Gasteiger partial charge in [0.15, 0.2) is 0 Å². The maximum atomic E-state index is 13.0. The molecule has 1 N–H and O–H groups in total. The van der Waals surface area contributed by atoms with Crippen LogP contribution in [0.15, 0.2) is 42.5 Å². The van der Waals surface area contributed by atoms with Gasteiger partial charge in [-0.15, -0.1) is 10.2 Å². The van der Waals surface area contributed by atoms with Gasteiger partial charge < -0.3 is 10.2 Å². The van der Waals surface area contributed by atoms with Crippen LogP contribution in [0.25, 0.3) is 11.3 Å². The van der Waals surface area contributed by atoms with E-state index < -0.39 is 0 Å². The zero-order valence-corrected chi connectivity index (χ0v) is 16.1. The van der Waals surface area contributed by atoms with Crippen molar-refractivity contribution in [1.82, 2.24) is 20.2 Å². The normalized spacial score (nSPS) is 14.9. The third kappa shape index (κ3) is 4.24. The van der Waals surface area contributed by atoms with Gasteiger partial charge in [0.2, 0.25) is 0 Å². The standard InChI is InChI=1S/C21H23FN6/c1-14-13-21(24-15(2)23-14)28-11-9-18(10-12-28)25-20-8-7-19(26-27-20)16-3-5-17(22)6-4-16/h3-8,13,18H,9-12H2,1-2H3,(H,25,27). The lowest BCUT2D eigenvalue weighted by molar-refractivity contribution is 0.521. The summed E-state index contributed by atoms with van der Waals surface area (Å²) >= 11 is 0. The van der Waals surface area contributed by atoms with E-state index in [0.29, 0.717) is 6.04 Å². The van der Waals surface area contributed by atoms with Crippen molar-refractivity contribution in [3.05, 3.63) is 59.8 Å². The summed E-state index contributed by atoms with van der Waals surface area (Å²) in [4.78, 5) is 11.2. The van der Waals surface area contributed by atoms with Crippen LogP contribution in [0.3, 0.4) is 0 Å². The number of benzene rings is 1. The SMILES string of the molecule is Cc1cc(N2CCC(Nc3ccc(-c4ccc(F)cc4)nn3)CC2)nc(C)n1. The van der Waals surface area contributed by atoms with Crippen molar-refractivity contribution in [2.24, 2.45) is 0 Å². The van der Waals surface area contributed by atoms with Gasteiger partial charge in [-0.2, -0.15) is 0 Å². The number of piperidine rings is 1. The molecule has 7 heteroatoms. The van der Waals surface area contributed by atoms with E-state index in [-0.39, 0.29) is 5.82 Å². The van der Waals surface area contributed by atoms with E-state index in [1.807, 2.05) is 32.0 Å². The zero-order chi connectivity index (χ0) is 19.5. The number of hydrogen-bond donors (Lipinski definition) is 1. The molecule has 6 nitrogen and oxygen atoms in total. The summed E-state index contributed by atoms with van der Waals surface area (Å²) in [5.41, 5.74) is 2.58. The van der Waals surface area contributed by atoms with Crippen molar-refractivity contribution in [2.75, 3.05) is 23.3 Å². The molecular weight excluding hydrogens is 355 g/mol. The summed E-state index contributed by atoms with van der Waals surface area (Å²) in [5, 5.41) is 12.0. The van der Waals surface area contributed by atoms with E-state index in [2.05, 4.69) is 30.4 Å². The number of hydrogen-bond acceptors (Lipinski definition) is 6. The molecule has 1 aliphatic heterocycles. The van der Waals surface area contributed by atoms with Crippen LogP contribution >= 0.6 is 0 Å². The number of nitrogens with one attached hydrogen (secondary N) is 1. The Morgan fingerprint density at radius 3 is 2.36 bits per heavy atom. The van der Waals surface area contributed by atoms with Crippen LogP contribution < -0.4 is 10.2 Å². The molecule has 0 amide bonds. The number of anilines is 2. The number of rotatable bonds is 4. The van der Waals surface area contributed by atoms with Crippen LogP contribution in [0.4, 0.5) is 16.0 Å². The predicted octanol–water partition coefficient (Wildman–Crippen LogP) is 3.77. The number of aryl methyl sites for hydroxylation is 2. The Kier molecular flexibility index (Phi) is 5.14. The molecule has 0 atom stereocenters. The van der Waals surface area contributed by atoms with Gasteiger partial charge >= 0.3 is 0 Å². The smallest absolute Gasteiger partial charge is 0.148 e. The van der Waals surface area contributed by atoms with Gasteiger partial charge in [-0.1, -0.05) is 0 Å². The van der Waals surface area contributed by atoms with Gasteiger partial charge in [0, 0.05) is 36.5 Å². The number of nitrogens with zero attached hydrogens (tertiary/aromatic N) is 5. The second-order valence-corrected chi connectivity index (χ2v) is 7.13. The Morgan fingerprint density at radius 2 is 1.71 bits per heavy atom. The molecule has 144 valence electrons. The van der Waals surface area contributed by atoms with E-state index in [0.717, 1.165) is 60.3 Å². The van der Waals surface area contributed by atoms with Crippen molar-refractivity contribution < 1.29 is 4.39 Å². The first kappa shape index (κ1) is 18.3. The highest BCUT2D eigenvalue weighted by molar-refractivity contribution is 5.59. The Morgan fingerprint density at radius 1 is 0.964 bits per heavy atom. The van der Waals surface area contributed by atoms with Crippen LogP contribution in [-0.2, 0) is 0 Å². The summed E-state index contributed by atoms with van der Waals surface area (Å²) < 4.78 is 13.0. The van der Waals surface area contributed by atoms with E-state index in [9.17, 15) is 4.39 Å². The van der Waals surface area contributed by atoms with Crippen LogP contribution in [0.1, 0.15) is 24.4 Å². The monoisotopic (exact) mass is 378 g/mol. The van der Waals surface area contributed by atoms with Gasteiger partial charge in [-0.05, 0) is 63.1 Å². The molecule has 0 radical (unpaired) electrons. The fourth-order valence-electron chi connectivity index (χ4n) is 3.51. The first-order valence-corrected chi connectivity index (χ1v) is 9.50. The zero-order valence-electron chi connectivity index (χ0n) is 16.1. The maximum absolute atomic E-state index is 13.0. The van der Waals surface area contributed by atoms with E-state index in [1.54, 1.807) is 12.1 Å². The van der Waals surface area contributed by atoms with Crippen LogP contribution in [-0.4, -0.2) is 39.3 Å². The fraction of sp³-hybridized carbons (Fsp3) is 0.333. The molecule has 3 heterocycles. The Labute approximate surface area is 163 Å². The minimum Gasteiger partial charge on any atom is -0.366 e. The lowest BCUT2D eigenvalue weighted by atomic mass is 10.0. The highest BCUT2D eigenvalue weighted by Gasteiger charge is 2.21. The largest absolute Gasteiger partial charge is 0.366 e. The minimum absolute atomic E-state index is 0.256. The van der Waals surface area contributed by atoms with E-state index in [4.69, 9.17) is 0 Å². The highest BCUT2D eigenvalue weighted by atomic mass is 19.1. The molecule has 3 aromatic rings. The molecule has 1 aliphatic rings. The second-order valence-electron chi connectivity index (χ2n) is 7.13.